The second kappa shape index (κ2) is 4.30. The van der Waals surface area contributed by atoms with Crippen molar-refractivity contribution in [3.63, 3.8) is 0 Å². The fourth-order valence-electron chi connectivity index (χ4n) is 2.70. The monoisotopic (exact) mass is 247 g/mol. The third kappa shape index (κ3) is 1.98. The zero-order valence-corrected chi connectivity index (χ0v) is 11.1. The van der Waals surface area contributed by atoms with E-state index >= 15 is 0 Å². The van der Waals surface area contributed by atoms with E-state index in [0.717, 1.165) is 25.4 Å². The first-order valence-corrected chi connectivity index (χ1v) is 6.78. The Labute approximate surface area is 108 Å². The molecule has 2 heterocycles. The van der Waals surface area contributed by atoms with Crippen LogP contribution in [0.15, 0.2) is 11.2 Å². The molecule has 1 fully saturated rings. The molecule has 0 aromatic carbocycles. The molecule has 5 heteroatoms. The molecule has 2 aliphatic rings. The van der Waals surface area contributed by atoms with E-state index in [2.05, 4.69) is 28.1 Å². The van der Waals surface area contributed by atoms with Gasteiger partial charge in [0, 0.05) is 25.4 Å². The van der Waals surface area contributed by atoms with Crippen LogP contribution in [-0.4, -0.2) is 33.7 Å². The molecule has 1 aliphatic heterocycles. The summed E-state index contributed by atoms with van der Waals surface area (Å²) in [5.41, 5.74) is 8.50. The Morgan fingerprint density at radius 1 is 1.44 bits per heavy atom. The smallest absolute Gasteiger partial charge is 0.191 e. The van der Waals surface area contributed by atoms with E-state index in [1.807, 2.05) is 11.7 Å². The zero-order valence-electron chi connectivity index (χ0n) is 11.1. The van der Waals surface area contributed by atoms with E-state index in [9.17, 15) is 0 Å². The molecule has 0 bridgehead atoms. The second-order valence-corrected chi connectivity index (χ2v) is 5.37. The highest BCUT2D eigenvalue weighted by atomic mass is 15.3. The zero-order chi connectivity index (χ0) is 12.7. The van der Waals surface area contributed by atoms with Gasteiger partial charge in [-0.25, -0.2) is 0 Å². The summed E-state index contributed by atoms with van der Waals surface area (Å²) >= 11 is 0. The number of hydrogen-bond donors (Lipinski definition) is 1. The molecule has 3 rings (SSSR count). The van der Waals surface area contributed by atoms with Crippen molar-refractivity contribution in [2.45, 2.75) is 32.2 Å². The van der Waals surface area contributed by atoms with Crippen LogP contribution in [0.25, 0.3) is 0 Å². The molecule has 5 nitrogen and oxygen atoms in total. The van der Waals surface area contributed by atoms with Crippen LogP contribution in [0, 0.1) is 5.92 Å². The van der Waals surface area contributed by atoms with Crippen LogP contribution in [0.3, 0.4) is 0 Å². The highest BCUT2D eigenvalue weighted by molar-refractivity contribution is 5.80. The Kier molecular flexibility index (Phi) is 2.76. The Hall–Kier alpha value is -1.52. The molecule has 0 spiro atoms. The van der Waals surface area contributed by atoms with Crippen molar-refractivity contribution in [3.8, 4) is 0 Å². The summed E-state index contributed by atoms with van der Waals surface area (Å²) in [4.78, 5) is 6.70. The summed E-state index contributed by atoms with van der Waals surface area (Å²) in [6.07, 6.45) is 5.76. The average Bonchev–Trinajstić information content (AvgIpc) is 2.99. The Balaban J connectivity index is 1.85. The molecule has 18 heavy (non-hydrogen) atoms. The molecule has 98 valence electrons. The van der Waals surface area contributed by atoms with Gasteiger partial charge in [0.2, 0.25) is 0 Å². The maximum absolute atomic E-state index is 6.03. The Bertz CT molecular complexity index is 472. The molecule has 1 atom stereocenters. The summed E-state index contributed by atoms with van der Waals surface area (Å²) in [6.45, 7) is 3.98. The van der Waals surface area contributed by atoms with Gasteiger partial charge >= 0.3 is 0 Å². The third-order valence-electron chi connectivity index (χ3n) is 3.88. The van der Waals surface area contributed by atoms with Gasteiger partial charge in [0.25, 0.3) is 0 Å². The predicted molar refractivity (Wildman–Crippen MR) is 71.2 cm³/mol. The normalized spacial score (nSPS) is 23.6. The first-order chi connectivity index (χ1) is 8.69. The molecular formula is C13H21N5. The Morgan fingerprint density at radius 2 is 2.22 bits per heavy atom. The summed E-state index contributed by atoms with van der Waals surface area (Å²) in [5.74, 6) is 1.53. The molecule has 1 aliphatic carbocycles. The van der Waals surface area contributed by atoms with Gasteiger partial charge < -0.3 is 10.6 Å². The van der Waals surface area contributed by atoms with Crippen LogP contribution in [0.4, 0.5) is 0 Å². The van der Waals surface area contributed by atoms with Crippen LogP contribution in [0.2, 0.25) is 0 Å². The van der Waals surface area contributed by atoms with Gasteiger partial charge in [-0.2, -0.15) is 5.10 Å². The molecule has 1 unspecified atom stereocenters. The molecule has 1 aromatic heterocycles. The lowest BCUT2D eigenvalue weighted by molar-refractivity contribution is 0.332. The number of aliphatic imine (C=N–C) groups is 1. The lowest BCUT2D eigenvalue weighted by Crippen LogP contribution is -2.37. The maximum atomic E-state index is 6.03. The van der Waals surface area contributed by atoms with Crippen LogP contribution >= 0.6 is 0 Å². The van der Waals surface area contributed by atoms with Crippen LogP contribution in [-0.2, 0) is 13.5 Å². The summed E-state index contributed by atoms with van der Waals surface area (Å²) in [6, 6.07) is 0.300. The maximum Gasteiger partial charge on any atom is 0.191 e. The number of nitrogens with two attached hydrogens (primary N) is 1. The van der Waals surface area contributed by atoms with Gasteiger partial charge in [-0.1, -0.05) is 6.92 Å². The standard InChI is InChI=1S/C13H21N5/c1-3-11-10(8-17(2)16-11)12-6-15-13(14)18(12)7-9-4-5-9/h8-9,12H,3-7H2,1-2H3,(H2,14,15). The minimum atomic E-state index is 0.300. The van der Waals surface area contributed by atoms with E-state index < -0.39 is 0 Å². The van der Waals surface area contributed by atoms with E-state index in [0.29, 0.717) is 12.0 Å². The van der Waals surface area contributed by atoms with Crippen molar-refractivity contribution in [1.82, 2.24) is 14.7 Å². The molecule has 2 N–H and O–H groups in total. The summed E-state index contributed by atoms with van der Waals surface area (Å²) < 4.78 is 1.90. The molecule has 1 aromatic rings. The molecule has 0 radical (unpaired) electrons. The number of rotatable bonds is 4. The Morgan fingerprint density at radius 3 is 2.89 bits per heavy atom. The van der Waals surface area contributed by atoms with Crippen LogP contribution in [0.5, 0.6) is 0 Å². The number of aryl methyl sites for hydroxylation is 2. The third-order valence-corrected chi connectivity index (χ3v) is 3.88. The first kappa shape index (κ1) is 11.6. The quantitative estimate of drug-likeness (QED) is 0.865. The number of hydrogen-bond acceptors (Lipinski definition) is 4. The predicted octanol–water partition coefficient (Wildman–Crippen LogP) is 1.06. The molecule has 0 saturated heterocycles. The van der Waals surface area contributed by atoms with Crippen molar-refractivity contribution >= 4 is 5.96 Å². The minimum absolute atomic E-state index is 0.300. The van der Waals surface area contributed by atoms with Gasteiger partial charge in [0.1, 0.15) is 0 Å². The van der Waals surface area contributed by atoms with Gasteiger partial charge in [-0.15, -0.1) is 0 Å². The van der Waals surface area contributed by atoms with Crippen molar-refractivity contribution in [3.05, 3.63) is 17.5 Å². The number of nitrogens with zero attached hydrogens (tertiary/aromatic N) is 4. The minimum Gasteiger partial charge on any atom is -0.370 e. The molecule has 1 saturated carbocycles. The SMILES string of the molecule is CCc1nn(C)cc1C1CN=C(N)N1CC1CC1. The van der Waals surface area contributed by atoms with Crippen molar-refractivity contribution < 1.29 is 0 Å². The van der Waals surface area contributed by atoms with Gasteiger partial charge in [0.15, 0.2) is 5.96 Å². The molecular weight excluding hydrogens is 226 g/mol. The number of guanidine groups is 1. The van der Waals surface area contributed by atoms with E-state index in [4.69, 9.17) is 5.73 Å². The fourth-order valence-corrected chi connectivity index (χ4v) is 2.70. The average molecular weight is 247 g/mol. The topological polar surface area (TPSA) is 59.4 Å². The fraction of sp³-hybridized carbons (Fsp3) is 0.692. The van der Waals surface area contributed by atoms with E-state index in [1.165, 1.54) is 24.1 Å². The summed E-state index contributed by atoms with van der Waals surface area (Å²) in [7, 11) is 1.98. The lowest BCUT2D eigenvalue weighted by Gasteiger charge is -2.26. The highest BCUT2D eigenvalue weighted by Gasteiger charge is 2.34. The van der Waals surface area contributed by atoms with Crippen molar-refractivity contribution in [1.29, 1.82) is 0 Å². The van der Waals surface area contributed by atoms with E-state index in [-0.39, 0.29) is 0 Å². The second-order valence-electron chi connectivity index (χ2n) is 5.37. The first-order valence-electron chi connectivity index (χ1n) is 6.78. The van der Waals surface area contributed by atoms with Gasteiger partial charge in [-0.05, 0) is 25.2 Å². The highest BCUT2D eigenvalue weighted by Crippen LogP contribution is 2.35. The molecule has 0 amide bonds. The van der Waals surface area contributed by atoms with Gasteiger partial charge in [-0.3, -0.25) is 9.67 Å². The lowest BCUT2D eigenvalue weighted by atomic mass is 10.1. The number of aromatic nitrogens is 2. The van der Waals surface area contributed by atoms with Crippen molar-refractivity contribution in [2.75, 3.05) is 13.1 Å². The van der Waals surface area contributed by atoms with Crippen LogP contribution < -0.4 is 5.73 Å². The van der Waals surface area contributed by atoms with E-state index in [1.54, 1.807) is 0 Å². The van der Waals surface area contributed by atoms with Crippen molar-refractivity contribution in [2.24, 2.45) is 23.7 Å². The van der Waals surface area contributed by atoms with Gasteiger partial charge in [0.05, 0.1) is 18.3 Å². The largest absolute Gasteiger partial charge is 0.370 e. The summed E-state index contributed by atoms with van der Waals surface area (Å²) in [5, 5.41) is 4.53. The van der Waals surface area contributed by atoms with Crippen LogP contribution in [0.1, 0.15) is 37.1 Å².